The molecule has 0 saturated carbocycles. The molecule has 1 heteroatoms. The van der Waals surface area contributed by atoms with Gasteiger partial charge in [0.05, 0.1) is 0 Å². The van der Waals surface area contributed by atoms with Crippen molar-refractivity contribution < 1.29 is 0 Å². The number of rotatable bonds is 1. The first-order valence-electron chi connectivity index (χ1n) is 8.09. The van der Waals surface area contributed by atoms with Crippen LogP contribution in [0, 0.1) is 0 Å². The van der Waals surface area contributed by atoms with Gasteiger partial charge in [0.1, 0.15) is 0 Å². The zero-order chi connectivity index (χ0) is 15.2. The molecule has 0 aliphatic carbocycles. The number of hydrogen-bond donors (Lipinski definition) is 0. The van der Waals surface area contributed by atoms with E-state index in [9.17, 15) is 0 Å². The van der Waals surface area contributed by atoms with Crippen molar-refractivity contribution >= 4 is 33.9 Å². The minimum absolute atomic E-state index is 0.340. The summed E-state index contributed by atoms with van der Waals surface area (Å²) in [5, 5.41) is 2.63. The maximum atomic E-state index is 2.38. The largest absolute Gasteiger partial charge is 0.242 e. The first-order chi connectivity index (χ1) is 11.4. The summed E-state index contributed by atoms with van der Waals surface area (Å²) in [7, 11) is 0. The van der Waals surface area contributed by atoms with Crippen molar-refractivity contribution in [1.29, 1.82) is 0 Å². The molecule has 0 saturated heterocycles. The lowest BCUT2D eigenvalue weighted by Crippen LogP contribution is -2.48. The number of benzene rings is 4. The Bertz CT molecular complexity index is 1020. The Morgan fingerprint density at radius 1 is 0.478 bits per heavy atom. The van der Waals surface area contributed by atoms with Crippen molar-refractivity contribution in [2.45, 2.75) is 0 Å². The van der Waals surface area contributed by atoms with E-state index in [1.165, 1.54) is 38.3 Å². The molecule has 0 amide bonds. The van der Waals surface area contributed by atoms with Crippen LogP contribution in [-0.2, 0) is 0 Å². The fraction of sp³-hybridized carbons (Fsp3) is 0. The highest BCUT2D eigenvalue weighted by Crippen LogP contribution is 2.27. The molecule has 0 fully saturated rings. The van der Waals surface area contributed by atoms with Crippen LogP contribution in [0.1, 0.15) is 0 Å². The van der Waals surface area contributed by atoms with Gasteiger partial charge in [-0.05, 0) is 28.0 Å². The second kappa shape index (κ2) is 4.86. The smallest absolute Gasteiger partial charge is 0.0686 e. The van der Waals surface area contributed by atoms with Crippen LogP contribution < -0.4 is 16.4 Å². The minimum atomic E-state index is 0.340. The van der Waals surface area contributed by atoms with Gasteiger partial charge in [-0.15, -0.1) is 0 Å². The van der Waals surface area contributed by atoms with Gasteiger partial charge in [-0.2, -0.15) is 0 Å². The Morgan fingerprint density at radius 3 is 1.96 bits per heavy atom. The van der Waals surface area contributed by atoms with Crippen LogP contribution >= 0.6 is 0 Å². The molecule has 0 spiro atoms. The van der Waals surface area contributed by atoms with E-state index in [0.29, 0.717) is 6.71 Å². The monoisotopic (exact) mass is 290 g/mol. The summed E-state index contributed by atoms with van der Waals surface area (Å²) < 4.78 is 0. The summed E-state index contributed by atoms with van der Waals surface area (Å²) in [6.45, 7) is 0.340. The van der Waals surface area contributed by atoms with Gasteiger partial charge in [-0.1, -0.05) is 101 Å². The van der Waals surface area contributed by atoms with Gasteiger partial charge in [0.25, 0.3) is 0 Å². The van der Waals surface area contributed by atoms with Crippen LogP contribution in [0.2, 0.25) is 0 Å². The van der Waals surface area contributed by atoms with Gasteiger partial charge in [0.2, 0.25) is 6.71 Å². The highest BCUT2D eigenvalue weighted by Gasteiger charge is 2.33. The molecule has 106 valence electrons. The predicted octanol–water partition coefficient (Wildman–Crippen LogP) is 3.34. The molecule has 0 nitrogen and oxygen atoms in total. The van der Waals surface area contributed by atoms with Crippen molar-refractivity contribution in [3.8, 4) is 11.1 Å². The van der Waals surface area contributed by atoms with Crippen LogP contribution in [0.4, 0.5) is 0 Å². The maximum Gasteiger partial charge on any atom is 0.242 e. The molecule has 0 bridgehead atoms. The highest BCUT2D eigenvalue weighted by molar-refractivity contribution is 6.99. The first-order valence-corrected chi connectivity index (χ1v) is 8.09. The van der Waals surface area contributed by atoms with Gasteiger partial charge < -0.3 is 0 Å². The van der Waals surface area contributed by atoms with Crippen LogP contribution in [0.3, 0.4) is 0 Å². The fourth-order valence-corrected chi connectivity index (χ4v) is 3.90. The van der Waals surface area contributed by atoms with E-state index in [2.05, 4.69) is 91.0 Å². The van der Waals surface area contributed by atoms with Crippen molar-refractivity contribution in [2.24, 2.45) is 0 Å². The van der Waals surface area contributed by atoms with Gasteiger partial charge in [0.15, 0.2) is 0 Å². The predicted molar refractivity (Wildman–Crippen MR) is 100 cm³/mol. The van der Waals surface area contributed by atoms with Crippen LogP contribution in [0.25, 0.3) is 21.9 Å². The standard InChI is InChI=1S/C22H15B/c1-2-10-18(11-3-1)23-21-13-7-6-12-19(21)20-14-16-8-4-5-9-17(16)15-22(20)23/h1-15H. The lowest BCUT2D eigenvalue weighted by atomic mass is 9.39. The molecule has 1 aliphatic heterocycles. The lowest BCUT2D eigenvalue weighted by Gasteiger charge is -2.11. The maximum absolute atomic E-state index is 2.38. The van der Waals surface area contributed by atoms with E-state index in [-0.39, 0.29) is 0 Å². The number of fused-ring (bicyclic) bond motifs is 4. The zero-order valence-electron chi connectivity index (χ0n) is 12.7. The Morgan fingerprint density at radius 2 is 1.13 bits per heavy atom. The van der Waals surface area contributed by atoms with Crippen LogP contribution in [0.15, 0.2) is 91.0 Å². The molecular weight excluding hydrogens is 275 g/mol. The normalized spacial score (nSPS) is 12.3. The summed E-state index contributed by atoms with van der Waals surface area (Å²) in [4.78, 5) is 0. The summed E-state index contributed by atoms with van der Waals surface area (Å²) in [6, 6.07) is 33.0. The topological polar surface area (TPSA) is 0 Å². The summed E-state index contributed by atoms with van der Waals surface area (Å²) in [5.41, 5.74) is 6.98. The SMILES string of the molecule is c1ccc(B2c3ccccc3-c3cc4ccccc4cc32)cc1. The Hall–Kier alpha value is -2.80. The van der Waals surface area contributed by atoms with Crippen molar-refractivity contribution in [3.05, 3.63) is 91.0 Å². The van der Waals surface area contributed by atoms with Gasteiger partial charge in [0, 0.05) is 0 Å². The Kier molecular flexibility index (Phi) is 2.69. The van der Waals surface area contributed by atoms with E-state index in [1.54, 1.807) is 0 Å². The van der Waals surface area contributed by atoms with E-state index in [1.807, 2.05) is 0 Å². The third-order valence-corrected chi connectivity index (χ3v) is 4.92. The molecule has 5 rings (SSSR count). The molecule has 0 radical (unpaired) electrons. The third-order valence-electron chi connectivity index (χ3n) is 4.92. The number of hydrogen-bond acceptors (Lipinski definition) is 0. The van der Waals surface area contributed by atoms with Crippen LogP contribution in [-0.4, -0.2) is 6.71 Å². The van der Waals surface area contributed by atoms with Crippen molar-refractivity contribution in [2.75, 3.05) is 0 Å². The van der Waals surface area contributed by atoms with E-state index >= 15 is 0 Å². The van der Waals surface area contributed by atoms with Crippen molar-refractivity contribution in [1.82, 2.24) is 0 Å². The molecule has 23 heavy (non-hydrogen) atoms. The average molecular weight is 290 g/mol. The van der Waals surface area contributed by atoms with E-state index < -0.39 is 0 Å². The minimum Gasteiger partial charge on any atom is -0.0686 e. The second-order valence-corrected chi connectivity index (χ2v) is 6.22. The van der Waals surface area contributed by atoms with Gasteiger partial charge in [-0.3, -0.25) is 0 Å². The molecule has 4 aromatic carbocycles. The molecule has 1 heterocycles. The highest BCUT2D eigenvalue weighted by atomic mass is 14.2. The summed E-state index contributed by atoms with van der Waals surface area (Å²) >= 11 is 0. The summed E-state index contributed by atoms with van der Waals surface area (Å²) in [5.74, 6) is 0. The zero-order valence-corrected chi connectivity index (χ0v) is 12.7. The molecule has 0 unspecified atom stereocenters. The van der Waals surface area contributed by atoms with Crippen LogP contribution in [0.5, 0.6) is 0 Å². The molecular formula is C22H15B. The average Bonchev–Trinajstić information content (AvgIpc) is 2.94. The molecule has 0 aromatic heterocycles. The lowest BCUT2D eigenvalue weighted by molar-refractivity contribution is 1.73. The van der Waals surface area contributed by atoms with E-state index in [0.717, 1.165) is 0 Å². The molecule has 1 aliphatic rings. The quantitative estimate of drug-likeness (QED) is 0.415. The second-order valence-electron chi connectivity index (χ2n) is 6.22. The Balaban J connectivity index is 1.86. The fourth-order valence-electron chi connectivity index (χ4n) is 3.90. The third kappa shape index (κ3) is 1.87. The molecule has 4 aromatic rings. The van der Waals surface area contributed by atoms with Crippen molar-refractivity contribution in [3.63, 3.8) is 0 Å². The molecule has 0 N–H and O–H groups in total. The molecule has 0 atom stereocenters. The Labute approximate surface area is 136 Å². The van der Waals surface area contributed by atoms with E-state index in [4.69, 9.17) is 0 Å². The van der Waals surface area contributed by atoms with Gasteiger partial charge in [-0.25, -0.2) is 0 Å². The van der Waals surface area contributed by atoms with Gasteiger partial charge >= 0.3 is 0 Å². The first kappa shape index (κ1) is 12.7. The summed E-state index contributed by atoms with van der Waals surface area (Å²) in [6.07, 6.45) is 0.